The summed E-state index contributed by atoms with van der Waals surface area (Å²) in [5.74, 6) is 0.944. The number of phenolic OH excluding ortho intramolecular Hbond substituents is 1. The number of benzene rings is 3. The van der Waals surface area contributed by atoms with Gasteiger partial charge in [-0.3, -0.25) is 9.80 Å². The Morgan fingerprint density at radius 1 is 0.591 bits per heavy atom. The second kappa shape index (κ2) is 27.0. The van der Waals surface area contributed by atoms with Crippen molar-refractivity contribution < 1.29 is 55.1 Å². The average molecular weight is 954 g/mol. The number of phenols is 1. The van der Waals surface area contributed by atoms with E-state index in [1.807, 2.05) is 104 Å². The predicted molar refractivity (Wildman–Crippen MR) is 261 cm³/mol. The summed E-state index contributed by atoms with van der Waals surface area (Å²) in [6.07, 6.45) is 1.27. The van der Waals surface area contributed by atoms with Gasteiger partial charge in [0, 0.05) is 106 Å². The summed E-state index contributed by atoms with van der Waals surface area (Å²) < 4.78 is 53.2. The van der Waals surface area contributed by atoms with Gasteiger partial charge in [0.2, 0.25) is 11.6 Å². The van der Waals surface area contributed by atoms with Crippen molar-refractivity contribution in [2.75, 3.05) is 89.8 Å². The van der Waals surface area contributed by atoms with Crippen molar-refractivity contribution in [3.8, 4) is 51.3 Å². The summed E-state index contributed by atoms with van der Waals surface area (Å²) in [7, 11) is -2.75. The van der Waals surface area contributed by atoms with Gasteiger partial charge in [-0.05, 0) is 117 Å². The molecule has 17 nitrogen and oxygen atoms in total. The molecule has 0 aliphatic carbocycles. The van der Waals surface area contributed by atoms with Crippen molar-refractivity contribution in [2.24, 2.45) is 0 Å². The molecule has 3 aromatic carbocycles. The van der Waals surface area contributed by atoms with E-state index in [-0.39, 0.29) is 35.2 Å². The molecule has 364 valence electrons. The van der Waals surface area contributed by atoms with Gasteiger partial charge in [0.25, 0.3) is 0 Å². The summed E-state index contributed by atoms with van der Waals surface area (Å²) in [6.45, 7) is 20.0. The molecule has 4 aromatic rings. The number of methoxy groups -OCH3 is 2. The number of aromatic nitrogens is 1. The van der Waals surface area contributed by atoms with E-state index >= 15 is 0 Å². The van der Waals surface area contributed by atoms with Gasteiger partial charge < -0.3 is 56.2 Å². The second-order valence-electron chi connectivity index (χ2n) is 14.6. The highest BCUT2D eigenvalue weighted by Gasteiger charge is 2.40. The lowest BCUT2D eigenvalue weighted by Gasteiger charge is -2.28. The fourth-order valence-electron chi connectivity index (χ4n) is 7.52. The van der Waals surface area contributed by atoms with Crippen molar-refractivity contribution in [3.63, 3.8) is 0 Å². The minimum Gasteiger partial charge on any atom is -0.502 e. The minimum absolute atomic E-state index is 0.149. The Labute approximate surface area is 392 Å². The first-order chi connectivity index (χ1) is 31.9. The molecule has 0 unspecified atom stereocenters. The van der Waals surface area contributed by atoms with Crippen LogP contribution in [0.15, 0.2) is 65.1 Å². The number of rotatable bonds is 29. The van der Waals surface area contributed by atoms with Crippen molar-refractivity contribution in [1.29, 1.82) is 0 Å². The fourth-order valence-corrected chi connectivity index (χ4v) is 12.7. The van der Waals surface area contributed by atoms with Gasteiger partial charge >= 0.3 is 29.7 Å². The van der Waals surface area contributed by atoms with Gasteiger partial charge in [0.1, 0.15) is 5.69 Å². The number of hydrogen-bond donors (Lipinski definition) is 3. The first-order valence-electron chi connectivity index (χ1n) is 23.1. The first kappa shape index (κ1) is 53.6. The second-order valence-corrected chi connectivity index (χ2v) is 20.1. The summed E-state index contributed by atoms with van der Waals surface area (Å²) in [4.78, 5) is 35.3. The lowest BCUT2D eigenvalue weighted by molar-refractivity contribution is 0.0701. The van der Waals surface area contributed by atoms with Crippen molar-refractivity contribution in [3.05, 3.63) is 60.7 Å². The summed E-state index contributed by atoms with van der Waals surface area (Å²) >= 11 is 0. The van der Waals surface area contributed by atoms with E-state index in [9.17, 15) is 14.7 Å². The number of anilines is 2. The van der Waals surface area contributed by atoms with Crippen molar-refractivity contribution in [1.82, 2.24) is 15.6 Å². The topological polar surface area (TPSA) is 185 Å². The highest BCUT2D eigenvalue weighted by molar-refractivity contribution is 6.61. The van der Waals surface area contributed by atoms with Crippen LogP contribution in [0.3, 0.4) is 0 Å². The van der Waals surface area contributed by atoms with Gasteiger partial charge in [0.05, 0.1) is 14.2 Å². The van der Waals surface area contributed by atoms with Crippen molar-refractivity contribution in [2.45, 2.75) is 80.3 Å². The highest BCUT2D eigenvalue weighted by Crippen LogP contribution is 2.43. The standard InChI is InChI=1S/C47H71N5O12Si2/c1-11-51(46(54)48-29-19-31-65(58-13-3,59-14-4)60-15-5)38-25-21-35(22-26-38)42-44(64-45(50-42)37-33-40(56-9)43(53)41(34-37)57-10)36-23-27-39(28-24-36)52(12-2)47(55)49-30-20-32-66(61-16-6,62-17-7)63-18-8/h21-28,33-34,53H,11-20,29-32H2,1-10H3,(H,48,54)(H,49,55). The number of ether oxygens (including phenoxy) is 2. The summed E-state index contributed by atoms with van der Waals surface area (Å²) in [6, 6.07) is 19.0. The molecule has 0 atom stereocenters. The summed E-state index contributed by atoms with van der Waals surface area (Å²) in [5, 5.41) is 16.7. The molecule has 1 aromatic heterocycles. The average Bonchev–Trinajstić information content (AvgIpc) is 3.76. The normalized spacial score (nSPS) is 11.7. The lowest BCUT2D eigenvalue weighted by atomic mass is 10.0. The van der Waals surface area contributed by atoms with E-state index in [0.29, 0.717) is 125 Å². The zero-order chi connectivity index (χ0) is 48.1. The van der Waals surface area contributed by atoms with Crippen LogP contribution < -0.4 is 29.9 Å². The van der Waals surface area contributed by atoms with E-state index in [4.69, 9.17) is 45.4 Å². The number of hydrogen-bond acceptors (Lipinski definition) is 13. The molecule has 4 amide bonds. The molecule has 0 aliphatic rings. The Hall–Kier alpha value is -5.00. The molecular formula is C47H71N5O12Si2. The Balaban J connectivity index is 1.59. The molecule has 0 saturated heterocycles. The van der Waals surface area contributed by atoms with Crippen LogP contribution in [0, 0.1) is 0 Å². The van der Waals surface area contributed by atoms with Crippen LogP contribution >= 0.6 is 0 Å². The molecule has 0 radical (unpaired) electrons. The zero-order valence-electron chi connectivity index (χ0n) is 40.5. The number of urea groups is 2. The Bertz CT molecular complexity index is 1920. The maximum absolute atomic E-state index is 13.5. The fraction of sp³-hybridized carbons (Fsp3) is 0.511. The van der Waals surface area contributed by atoms with Gasteiger partial charge in [-0.2, -0.15) is 0 Å². The third-order valence-corrected chi connectivity index (χ3v) is 16.7. The number of oxazole rings is 1. The third kappa shape index (κ3) is 14.0. The van der Waals surface area contributed by atoms with Gasteiger partial charge in [0.15, 0.2) is 17.3 Å². The van der Waals surface area contributed by atoms with E-state index < -0.39 is 17.6 Å². The predicted octanol–water partition coefficient (Wildman–Crippen LogP) is 9.35. The molecule has 0 aliphatic heterocycles. The Morgan fingerprint density at radius 2 is 0.970 bits per heavy atom. The molecular weight excluding hydrogens is 883 g/mol. The lowest BCUT2D eigenvalue weighted by Crippen LogP contribution is -2.47. The number of carbonyl (C=O) groups is 2. The monoisotopic (exact) mass is 953 g/mol. The van der Waals surface area contributed by atoms with E-state index in [0.717, 1.165) is 5.56 Å². The minimum atomic E-state index is -2.83. The van der Waals surface area contributed by atoms with Gasteiger partial charge in [-0.15, -0.1) is 0 Å². The first-order valence-corrected chi connectivity index (χ1v) is 26.9. The van der Waals surface area contributed by atoms with Crippen LogP contribution in [-0.2, 0) is 26.6 Å². The van der Waals surface area contributed by atoms with Crippen LogP contribution in [0.5, 0.6) is 17.2 Å². The number of amides is 4. The Morgan fingerprint density at radius 3 is 1.32 bits per heavy atom. The van der Waals surface area contributed by atoms with E-state index in [1.165, 1.54) is 14.2 Å². The number of aromatic hydroxyl groups is 1. The largest absolute Gasteiger partial charge is 0.502 e. The molecule has 1 heterocycles. The van der Waals surface area contributed by atoms with Crippen LogP contribution in [-0.4, -0.2) is 120 Å². The third-order valence-electron chi connectivity index (χ3n) is 10.4. The maximum Gasteiger partial charge on any atom is 0.500 e. The molecule has 19 heteroatoms. The van der Waals surface area contributed by atoms with E-state index in [2.05, 4.69) is 10.6 Å². The molecule has 3 N–H and O–H groups in total. The van der Waals surface area contributed by atoms with Crippen LogP contribution in [0.4, 0.5) is 21.0 Å². The number of nitrogens with one attached hydrogen (secondary N) is 2. The molecule has 0 saturated carbocycles. The molecule has 0 spiro atoms. The summed E-state index contributed by atoms with van der Waals surface area (Å²) in [5.41, 5.74) is 3.86. The number of carbonyl (C=O) groups excluding carboxylic acids is 2. The van der Waals surface area contributed by atoms with E-state index in [1.54, 1.807) is 21.9 Å². The molecule has 0 fully saturated rings. The maximum atomic E-state index is 13.5. The van der Waals surface area contributed by atoms with Crippen LogP contribution in [0.25, 0.3) is 34.0 Å². The van der Waals surface area contributed by atoms with Gasteiger partial charge in [-0.1, -0.05) is 12.1 Å². The Kier molecular flexibility index (Phi) is 21.9. The molecule has 0 bridgehead atoms. The van der Waals surface area contributed by atoms with Crippen LogP contribution in [0.1, 0.15) is 68.2 Å². The highest BCUT2D eigenvalue weighted by atomic mass is 28.4. The smallest absolute Gasteiger partial charge is 0.500 e. The van der Waals surface area contributed by atoms with Crippen molar-refractivity contribution >= 4 is 41.0 Å². The molecule has 66 heavy (non-hydrogen) atoms. The van der Waals surface area contributed by atoms with Gasteiger partial charge in [-0.25, -0.2) is 14.6 Å². The molecule has 4 rings (SSSR count). The zero-order valence-corrected chi connectivity index (χ0v) is 42.5. The van der Waals surface area contributed by atoms with Crippen LogP contribution in [0.2, 0.25) is 12.1 Å². The quantitative estimate of drug-likeness (QED) is 0.0346. The SMILES string of the molecule is CCO[Si](CCCNC(=O)N(CC)c1ccc(-c2nc(-c3cc(OC)c(O)c(OC)c3)oc2-c2ccc(N(CC)C(=O)NCCC[Si](OCC)(OCC)OCC)cc2)cc1)(OCC)OCC. The number of nitrogens with zero attached hydrogens (tertiary/aromatic N) is 3.